The Hall–Kier alpha value is -1.28. The second-order valence-electron chi connectivity index (χ2n) is 4.93. The average molecular weight is 231 g/mol. The highest BCUT2D eigenvalue weighted by atomic mass is 16.3. The van der Waals surface area contributed by atoms with Crippen LogP contribution in [-0.2, 0) is 13.0 Å². The van der Waals surface area contributed by atoms with Crippen LogP contribution < -0.4 is 5.32 Å². The molecule has 0 amide bonds. The van der Waals surface area contributed by atoms with Crippen molar-refractivity contribution >= 4 is 11.0 Å². The van der Waals surface area contributed by atoms with E-state index in [9.17, 15) is 0 Å². The molecule has 0 saturated carbocycles. The fourth-order valence-corrected chi connectivity index (χ4v) is 2.08. The van der Waals surface area contributed by atoms with E-state index in [0.29, 0.717) is 5.92 Å². The first-order valence-corrected chi connectivity index (χ1v) is 6.41. The lowest BCUT2D eigenvalue weighted by atomic mass is 10.1. The number of fused-ring (bicyclic) bond motifs is 1. The molecule has 0 saturated heterocycles. The van der Waals surface area contributed by atoms with Gasteiger partial charge in [0, 0.05) is 17.5 Å². The fraction of sp³-hybridized carbons (Fsp3) is 0.467. The Balaban J connectivity index is 2.18. The van der Waals surface area contributed by atoms with E-state index in [2.05, 4.69) is 44.3 Å². The van der Waals surface area contributed by atoms with Gasteiger partial charge in [-0.1, -0.05) is 39.0 Å². The molecule has 0 aliphatic carbocycles. The van der Waals surface area contributed by atoms with Gasteiger partial charge in [0.05, 0.1) is 6.26 Å². The van der Waals surface area contributed by atoms with Crippen molar-refractivity contribution in [3.05, 3.63) is 35.6 Å². The van der Waals surface area contributed by atoms with Crippen LogP contribution in [0.2, 0.25) is 0 Å². The van der Waals surface area contributed by atoms with Crippen molar-refractivity contribution in [3.8, 4) is 0 Å². The molecule has 0 atom stereocenters. The molecule has 0 unspecified atom stereocenters. The predicted molar refractivity (Wildman–Crippen MR) is 72.1 cm³/mol. The molecule has 0 aliphatic heterocycles. The monoisotopic (exact) mass is 231 g/mol. The highest BCUT2D eigenvalue weighted by Gasteiger charge is 2.08. The average Bonchev–Trinajstić information content (AvgIpc) is 2.72. The topological polar surface area (TPSA) is 25.2 Å². The molecule has 1 aromatic carbocycles. The first-order chi connectivity index (χ1) is 8.22. The quantitative estimate of drug-likeness (QED) is 0.848. The van der Waals surface area contributed by atoms with Crippen molar-refractivity contribution in [2.45, 2.75) is 33.7 Å². The SMILES string of the molecule is CCc1cccc2c(CNCC(C)C)coc12. The van der Waals surface area contributed by atoms with Crippen molar-refractivity contribution in [2.24, 2.45) is 5.92 Å². The number of aryl methyl sites for hydroxylation is 1. The number of rotatable bonds is 5. The third-order valence-electron chi connectivity index (χ3n) is 3.01. The molecule has 92 valence electrons. The van der Waals surface area contributed by atoms with Gasteiger partial charge < -0.3 is 9.73 Å². The van der Waals surface area contributed by atoms with Crippen LogP contribution >= 0.6 is 0 Å². The van der Waals surface area contributed by atoms with Crippen LogP contribution in [-0.4, -0.2) is 6.54 Å². The minimum atomic E-state index is 0.680. The van der Waals surface area contributed by atoms with Gasteiger partial charge in [0.25, 0.3) is 0 Å². The first-order valence-electron chi connectivity index (χ1n) is 6.41. The van der Waals surface area contributed by atoms with Gasteiger partial charge in [-0.25, -0.2) is 0 Å². The third-order valence-corrected chi connectivity index (χ3v) is 3.01. The molecule has 2 rings (SSSR count). The lowest BCUT2D eigenvalue weighted by Crippen LogP contribution is -2.18. The van der Waals surface area contributed by atoms with Gasteiger partial charge in [0.1, 0.15) is 5.58 Å². The summed E-state index contributed by atoms with van der Waals surface area (Å²) in [5, 5.41) is 4.71. The van der Waals surface area contributed by atoms with Gasteiger partial charge >= 0.3 is 0 Å². The zero-order valence-electron chi connectivity index (χ0n) is 10.9. The summed E-state index contributed by atoms with van der Waals surface area (Å²) < 4.78 is 5.69. The minimum Gasteiger partial charge on any atom is -0.464 e. The molecule has 2 aromatic rings. The van der Waals surface area contributed by atoms with Crippen molar-refractivity contribution in [3.63, 3.8) is 0 Å². The Morgan fingerprint density at radius 2 is 2.06 bits per heavy atom. The number of hydrogen-bond acceptors (Lipinski definition) is 2. The molecule has 0 fully saturated rings. The van der Waals surface area contributed by atoms with E-state index in [1.807, 2.05) is 6.26 Å². The van der Waals surface area contributed by atoms with E-state index < -0.39 is 0 Å². The molecule has 0 radical (unpaired) electrons. The zero-order valence-corrected chi connectivity index (χ0v) is 10.9. The second-order valence-corrected chi connectivity index (χ2v) is 4.93. The summed E-state index contributed by atoms with van der Waals surface area (Å²) in [7, 11) is 0. The van der Waals surface area contributed by atoms with Gasteiger partial charge in [-0.15, -0.1) is 0 Å². The Labute approximate surface area is 103 Å². The molecule has 2 nitrogen and oxygen atoms in total. The number of hydrogen-bond donors (Lipinski definition) is 1. The summed E-state index contributed by atoms with van der Waals surface area (Å²) in [4.78, 5) is 0. The molecule has 0 aliphatic rings. The number of para-hydroxylation sites is 1. The summed E-state index contributed by atoms with van der Waals surface area (Å²) in [5.74, 6) is 0.680. The van der Waals surface area contributed by atoms with E-state index in [4.69, 9.17) is 4.42 Å². The minimum absolute atomic E-state index is 0.680. The molecular weight excluding hydrogens is 210 g/mol. The first kappa shape index (κ1) is 12.2. The number of benzene rings is 1. The molecule has 1 N–H and O–H groups in total. The normalized spacial score (nSPS) is 11.5. The third kappa shape index (κ3) is 2.70. The second kappa shape index (κ2) is 5.37. The van der Waals surface area contributed by atoms with E-state index in [-0.39, 0.29) is 0 Å². The van der Waals surface area contributed by atoms with E-state index in [0.717, 1.165) is 25.1 Å². The maximum atomic E-state index is 5.69. The largest absolute Gasteiger partial charge is 0.464 e. The van der Waals surface area contributed by atoms with Crippen LogP contribution in [0.4, 0.5) is 0 Å². The van der Waals surface area contributed by atoms with Crippen LogP contribution in [0.1, 0.15) is 31.9 Å². The predicted octanol–water partition coefficient (Wildman–Crippen LogP) is 3.74. The van der Waals surface area contributed by atoms with Crippen molar-refractivity contribution in [1.82, 2.24) is 5.32 Å². The van der Waals surface area contributed by atoms with Crippen LogP contribution in [0.3, 0.4) is 0 Å². The maximum Gasteiger partial charge on any atom is 0.137 e. The van der Waals surface area contributed by atoms with Crippen molar-refractivity contribution in [2.75, 3.05) is 6.54 Å². The van der Waals surface area contributed by atoms with Gasteiger partial charge in [-0.3, -0.25) is 0 Å². The van der Waals surface area contributed by atoms with Gasteiger partial charge in [-0.05, 0) is 24.4 Å². The van der Waals surface area contributed by atoms with Crippen LogP contribution in [0.15, 0.2) is 28.9 Å². The summed E-state index contributed by atoms with van der Waals surface area (Å²) in [5.41, 5.74) is 3.60. The molecular formula is C15H21NO. The maximum absolute atomic E-state index is 5.69. The van der Waals surface area contributed by atoms with Crippen molar-refractivity contribution in [1.29, 1.82) is 0 Å². The van der Waals surface area contributed by atoms with E-state index in [1.54, 1.807) is 0 Å². The number of furan rings is 1. The molecule has 2 heteroatoms. The molecule has 0 bridgehead atoms. The van der Waals surface area contributed by atoms with Crippen molar-refractivity contribution < 1.29 is 4.42 Å². The lowest BCUT2D eigenvalue weighted by molar-refractivity contribution is 0.546. The summed E-state index contributed by atoms with van der Waals surface area (Å²) >= 11 is 0. The molecule has 0 spiro atoms. The van der Waals surface area contributed by atoms with E-state index in [1.165, 1.54) is 16.5 Å². The highest BCUT2D eigenvalue weighted by molar-refractivity contribution is 5.83. The summed E-state index contributed by atoms with van der Waals surface area (Å²) in [6, 6.07) is 6.39. The highest BCUT2D eigenvalue weighted by Crippen LogP contribution is 2.24. The zero-order chi connectivity index (χ0) is 12.3. The lowest BCUT2D eigenvalue weighted by Gasteiger charge is -2.06. The Morgan fingerprint density at radius 3 is 2.76 bits per heavy atom. The van der Waals surface area contributed by atoms with Gasteiger partial charge in [0.15, 0.2) is 0 Å². The van der Waals surface area contributed by atoms with E-state index >= 15 is 0 Å². The van der Waals surface area contributed by atoms with Gasteiger partial charge in [0.2, 0.25) is 0 Å². The number of nitrogens with one attached hydrogen (secondary N) is 1. The fourth-order valence-electron chi connectivity index (χ4n) is 2.08. The summed E-state index contributed by atoms with van der Waals surface area (Å²) in [6.45, 7) is 8.53. The van der Waals surface area contributed by atoms with Crippen LogP contribution in [0.25, 0.3) is 11.0 Å². The Morgan fingerprint density at radius 1 is 1.24 bits per heavy atom. The standard InChI is InChI=1S/C15H21NO/c1-4-12-6-5-7-14-13(10-17-15(12)14)9-16-8-11(2)3/h5-7,10-11,16H,4,8-9H2,1-3H3. The van der Waals surface area contributed by atoms with Gasteiger partial charge in [-0.2, -0.15) is 0 Å². The van der Waals surface area contributed by atoms with Crippen LogP contribution in [0.5, 0.6) is 0 Å². The molecule has 1 aromatic heterocycles. The Bertz CT molecular complexity index is 485. The molecule has 1 heterocycles. The smallest absolute Gasteiger partial charge is 0.137 e. The molecule has 17 heavy (non-hydrogen) atoms. The Kier molecular flexibility index (Phi) is 3.85. The van der Waals surface area contributed by atoms with Crippen LogP contribution in [0, 0.1) is 5.92 Å². The summed E-state index contributed by atoms with van der Waals surface area (Å²) in [6.07, 6.45) is 2.90.